The highest BCUT2D eigenvalue weighted by atomic mass is 35.5. The van der Waals surface area contributed by atoms with Crippen LogP contribution >= 0.6 is 36.4 Å². The van der Waals surface area contributed by atoms with Crippen LogP contribution in [0.3, 0.4) is 0 Å². The van der Waals surface area contributed by atoms with Gasteiger partial charge in [0.2, 0.25) is 0 Å². The van der Waals surface area contributed by atoms with E-state index in [1.165, 1.54) is 0 Å². The van der Waals surface area contributed by atoms with Crippen molar-refractivity contribution >= 4 is 47.4 Å². The van der Waals surface area contributed by atoms with Crippen LogP contribution in [0.15, 0.2) is 23.1 Å². The van der Waals surface area contributed by atoms with Gasteiger partial charge in [0.25, 0.3) is 0 Å². The van der Waals surface area contributed by atoms with Gasteiger partial charge in [-0.3, -0.25) is 0 Å². The number of aromatic amines is 1. The van der Waals surface area contributed by atoms with Crippen LogP contribution in [-0.4, -0.2) is 9.97 Å². The normalized spacial score (nSPS) is 10.6. The number of hydrogen-bond donors (Lipinski definition) is 2. The molecular weight excluding hydrogens is 224 g/mol. The second-order valence-electron chi connectivity index (χ2n) is 2.56. The van der Waals surface area contributed by atoms with Crippen LogP contribution in [0.4, 0.5) is 0 Å². The van der Waals surface area contributed by atoms with Crippen molar-refractivity contribution in [3.05, 3.63) is 28.1 Å². The molecule has 0 unspecified atom stereocenters. The fourth-order valence-electron chi connectivity index (χ4n) is 1.10. The van der Waals surface area contributed by atoms with Gasteiger partial charge in [0, 0.05) is 10.3 Å². The Bertz CT molecular complexity index is 521. The lowest BCUT2D eigenvalue weighted by atomic mass is 10.2. The molecule has 2 nitrogen and oxygen atoms in total. The van der Waals surface area contributed by atoms with Crippen molar-refractivity contribution in [2.45, 2.75) is 4.90 Å². The van der Waals surface area contributed by atoms with Crippen LogP contribution in [0, 0.1) is 4.77 Å². The minimum absolute atomic E-state index is 0.393. The Balaban J connectivity index is 2.95. The van der Waals surface area contributed by atoms with E-state index in [-0.39, 0.29) is 0 Å². The zero-order chi connectivity index (χ0) is 9.42. The minimum atomic E-state index is 0.393. The number of benzene rings is 1. The number of aromatic nitrogens is 2. The van der Waals surface area contributed by atoms with Crippen LogP contribution in [0.5, 0.6) is 0 Å². The van der Waals surface area contributed by atoms with Gasteiger partial charge < -0.3 is 4.98 Å². The summed E-state index contributed by atoms with van der Waals surface area (Å²) in [5, 5.41) is 1.34. The number of thiol groups is 1. The molecule has 0 saturated heterocycles. The molecule has 0 aliphatic carbocycles. The van der Waals surface area contributed by atoms with Gasteiger partial charge >= 0.3 is 0 Å². The maximum Gasteiger partial charge on any atom is 0.198 e. The third-order valence-electron chi connectivity index (χ3n) is 1.66. The number of halogens is 1. The zero-order valence-corrected chi connectivity index (χ0v) is 8.88. The van der Waals surface area contributed by atoms with Crippen molar-refractivity contribution < 1.29 is 0 Å². The van der Waals surface area contributed by atoms with E-state index >= 15 is 0 Å². The molecule has 0 radical (unpaired) electrons. The standard InChI is InChI=1S/C8H5ClN2S2/c9-7-5-3-4(12)1-2-6(5)10-8(13)11-7/h1-3,12H,(H,10,11,13). The van der Waals surface area contributed by atoms with Crippen molar-refractivity contribution in [3.63, 3.8) is 0 Å². The SMILES string of the molecule is S=c1nc2ccc(S)cc2c(Cl)[nH]1. The fourth-order valence-corrected chi connectivity index (χ4v) is 1.80. The smallest absolute Gasteiger partial charge is 0.198 e. The van der Waals surface area contributed by atoms with E-state index in [4.69, 9.17) is 23.8 Å². The summed E-state index contributed by atoms with van der Waals surface area (Å²) in [4.78, 5) is 7.74. The summed E-state index contributed by atoms with van der Waals surface area (Å²) < 4.78 is 0.393. The molecule has 2 aromatic rings. The number of nitrogens with one attached hydrogen (secondary N) is 1. The molecule has 0 spiro atoms. The topological polar surface area (TPSA) is 28.7 Å². The summed E-state index contributed by atoms with van der Waals surface area (Å²) in [5.41, 5.74) is 0.784. The first-order valence-electron chi connectivity index (χ1n) is 3.55. The van der Waals surface area contributed by atoms with E-state index in [2.05, 4.69) is 22.6 Å². The Morgan fingerprint density at radius 2 is 2.23 bits per heavy atom. The van der Waals surface area contributed by atoms with E-state index in [9.17, 15) is 0 Å². The molecule has 0 saturated carbocycles. The Morgan fingerprint density at radius 1 is 1.46 bits per heavy atom. The monoisotopic (exact) mass is 228 g/mol. The summed E-state index contributed by atoms with van der Waals surface area (Å²) in [6.07, 6.45) is 0. The first-order chi connectivity index (χ1) is 6.16. The summed E-state index contributed by atoms with van der Waals surface area (Å²) in [6.45, 7) is 0. The Morgan fingerprint density at radius 3 is 3.00 bits per heavy atom. The molecule has 0 aliphatic heterocycles. The van der Waals surface area contributed by atoms with E-state index in [1.54, 1.807) is 0 Å². The van der Waals surface area contributed by atoms with Gasteiger partial charge in [0.1, 0.15) is 5.15 Å². The van der Waals surface area contributed by atoms with Crippen molar-refractivity contribution in [1.82, 2.24) is 9.97 Å². The van der Waals surface area contributed by atoms with Gasteiger partial charge in [0.15, 0.2) is 4.77 Å². The predicted octanol–water partition coefficient (Wildman–Crippen LogP) is 3.23. The molecule has 1 aromatic heterocycles. The summed E-state index contributed by atoms with van der Waals surface area (Å²) in [6, 6.07) is 5.54. The number of fused-ring (bicyclic) bond motifs is 1. The van der Waals surface area contributed by atoms with Gasteiger partial charge in [-0.25, -0.2) is 4.98 Å². The molecule has 2 rings (SSSR count). The largest absolute Gasteiger partial charge is 0.321 e. The first-order valence-corrected chi connectivity index (χ1v) is 4.79. The molecule has 0 atom stereocenters. The van der Waals surface area contributed by atoms with Gasteiger partial charge in [-0.2, -0.15) is 0 Å². The number of H-pyrrole nitrogens is 1. The van der Waals surface area contributed by atoms with Gasteiger partial charge in [-0.1, -0.05) is 11.6 Å². The first kappa shape index (κ1) is 8.99. The average molecular weight is 229 g/mol. The lowest BCUT2D eigenvalue weighted by Crippen LogP contribution is -1.85. The van der Waals surface area contributed by atoms with Crippen LogP contribution in [-0.2, 0) is 0 Å². The third kappa shape index (κ3) is 1.70. The molecule has 0 fully saturated rings. The lowest BCUT2D eigenvalue weighted by molar-refractivity contribution is 1.18. The van der Waals surface area contributed by atoms with Crippen molar-refractivity contribution in [1.29, 1.82) is 0 Å². The fraction of sp³-hybridized carbons (Fsp3) is 0. The molecule has 1 aromatic carbocycles. The molecule has 0 aliphatic rings. The quantitative estimate of drug-likeness (QED) is 0.412. The highest BCUT2D eigenvalue weighted by Gasteiger charge is 2.00. The average Bonchev–Trinajstić information content (AvgIpc) is 2.06. The molecule has 1 N–H and O–H groups in total. The number of nitrogens with zero attached hydrogens (tertiary/aromatic N) is 1. The van der Waals surface area contributed by atoms with Crippen LogP contribution in [0.1, 0.15) is 0 Å². The molecule has 1 heterocycles. The Kier molecular flexibility index (Phi) is 2.27. The lowest BCUT2D eigenvalue weighted by Gasteiger charge is -1.99. The third-order valence-corrected chi connectivity index (χ3v) is 2.42. The molecule has 13 heavy (non-hydrogen) atoms. The highest BCUT2D eigenvalue weighted by Crippen LogP contribution is 2.22. The highest BCUT2D eigenvalue weighted by molar-refractivity contribution is 7.80. The van der Waals surface area contributed by atoms with Crippen LogP contribution < -0.4 is 0 Å². The minimum Gasteiger partial charge on any atom is -0.321 e. The summed E-state index contributed by atoms with van der Waals surface area (Å²) in [7, 11) is 0. The second-order valence-corrected chi connectivity index (χ2v) is 3.84. The van der Waals surface area contributed by atoms with E-state index < -0.39 is 0 Å². The van der Waals surface area contributed by atoms with Gasteiger partial charge in [-0.05, 0) is 30.4 Å². The van der Waals surface area contributed by atoms with Crippen molar-refractivity contribution in [3.8, 4) is 0 Å². The molecule has 0 bridgehead atoms. The predicted molar refractivity (Wildman–Crippen MR) is 59.2 cm³/mol. The van der Waals surface area contributed by atoms with Gasteiger partial charge in [0.05, 0.1) is 5.52 Å². The maximum atomic E-state index is 5.94. The number of hydrogen-bond acceptors (Lipinski definition) is 3. The van der Waals surface area contributed by atoms with E-state index in [0.717, 1.165) is 15.8 Å². The maximum absolute atomic E-state index is 5.94. The van der Waals surface area contributed by atoms with E-state index in [0.29, 0.717) is 9.92 Å². The Labute approximate surface area is 90.4 Å². The summed E-state index contributed by atoms with van der Waals surface area (Å²) in [5.74, 6) is 0. The second kappa shape index (κ2) is 3.29. The van der Waals surface area contributed by atoms with Crippen molar-refractivity contribution in [2.24, 2.45) is 0 Å². The molecule has 0 amide bonds. The molecular formula is C8H5ClN2S2. The van der Waals surface area contributed by atoms with Crippen LogP contribution in [0.2, 0.25) is 5.15 Å². The van der Waals surface area contributed by atoms with Crippen LogP contribution in [0.25, 0.3) is 10.9 Å². The van der Waals surface area contributed by atoms with Crippen molar-refractivity contribution in [2.75, 3.05) is 0 Å². The molecule has 66 valence electrons. The zero-order valence-electron chi connectivity index (χ0n) is 6.41. The molecule has 5 heteroatoms. The Hall–Kier alpha value is -0.580. The summed E-state index contributed by atoms with van der Waals surface area (Å²) >= 11 is 15.0. The van der Waals surface area contributed by atoms with Gasteiger partial charge in [-0.15, -0.1) is 12.6 Å². The number of rotatable bonds is 0. The van der Waals surface area contributed by atoms with E-state index in [1.807, 2.05) is 18.2 Å².